The zero-order valence-electron chi connectivity index (χ0n) is 9.76. The summed E-state index contributed by atoms with van der Waals surface area (Å²) in [6.45, 7) is 7.67. The van der Waals surface area contributed by atoms with E-state index in [1.54, 1.807) is 12.6 Å². The molecular formula is C12H21N3. The van der Waals surface area contributed by atoms with E-state index in [0.717, 1.165) is 12.5 Å². The van der Waals surface area contributed by atoms with E-state index in [1.807, 2.05) is 13.1 Å². The summed E-state index contributed by atoms with van der Waals surface area (Å²) in [5.74, 6) is 0.848. The molecule has 84 valence electrons. The standard InChI is InChI=1S/C12H21N3/c1-3-13-11-14-7-5-9-15-8-4-6-12(2)10-15/h3,5,7,11-12H,4,6,8-10H2,1-2H3/b7-5+,13-3?,14-11?. The second-order valence-corrected chi connectivity index (χ2v) is 4.06. The number of hydrogen-bond donors (Lipinski definition) is 0. The minimum Gasteiger partial charge on any atom is -0.299 e. The largest absolute Gasteiger partial charge is 0.299 e. The summed E-state index contributed by atoms with van der Waals surface area (Å²) in [5, 5.41) is 0. The first-order valence-corrected chi connectivity index (χ1v) is 5.69. The summed E-state index contributed by atoms with van der Waals surface area (Å²) in [4.78, 5) is 10.4. The SMILES string of the molecule is CC=NC=N/C=C/CN1CCCC(C)C1. The molecule has 1 aliphatic rings. The molecule has 0 N–H and O–H groups in total. The number of aliphatic imine (C=N–C) groups is 2. The Labute approximate surface area is 92.6 Å². The maximum absolute atomic E-state index is 4.03. The average molecular weight is 207 g/mol. The van der Waals surface area contributed by atoms with Crippen LogP contribution in [0.15, 0.2) is 22.3 Å². The van der Waals surface area contributed by atoms with Crippen LogP contribution in [0.4, 0.5) is 0 Å². The summed E-state index contributed by atoms with van der Waals surface area (Å²) < 4.78 is 0. The summed E-state index contributed by atoms with van der Waals surface area (Å²) in [5.41, 5.74) is 0. The van der Waals surface area contributed by atoms with E-state index in [1.165, 1.54) is 25.9 Å². The number of likely N-dealkylation sites (tertiary alicyclic amines) is 1. The van der Waals surface area contributed by atoms with Gasteiger partial charge in [0.25, 0.3) is 0 Å². The Morgan fingerprint density at radius 1 is 1.40 bits per heavy atom. The van der Waals surface area contributed by atoms with Gasteiger partial charge in [-0.15, -0.1) is 0 Å². The molecule has 1 rings (SSSR count). The number of rotatable bonds is 4. The van der Waals surface area contributed by atoms with E-state index in [-0.39, 0.29) is 0 Å². The van der Waals surface area contributed by atoms with Gasteiger partial charge >= 0.3 is 0 Å². The lowest BCUT2D eigenvalue weighted by Gasteiger charge is -2.29. The monoisotopic (exact) mass is 207 g/mol. The van der Waals surface area contributed by atoms with Crippen LogP contribution in [0.5, 0.6) is 0 Å². The predicted molar refractivity (Wildman–Crippen MR) is 66.6 cm³/mol. The Balaban J connectivity index is 2.18. The van der Waals surface area contributed by atoms with Crippen molar-refractivity contribution in [2.75, 3.05) is 19.6 Å². The fourth-order valence-electron chi connectivity index (χ4n) is 1.85. The topological polar surface area (TPSA) is 28.0 Å². The third-order valence-corrected chi connectivity index (χ3v) is 2.58. The minimum atomic E-state index is 0.848. The summed E-state index contributed by atoms with van der Waals surface area (Å²) >= 11 is 0. The van der Waals surface area contributed by atoms with Gasteiger partial charge in [0, 0.05) is 25.5 Å². The number of nitrogens with zero attached hydrogens (tertiary/aromatic N) is 3. The van der Waals surface area contributed by atoms with E-state index in [9.17, 15) is 0 Å². The highest BCUT2D eigenvalue weighted by molar-refractivity contribution is 5.70. The van der Waals surface area contributed by atoms with Gasteiger partial charge < -0.3 is 0 Å². The fourth-order valence-corrected chi connectivity index (χ4v) is 1.85. The molecular weight excluding hydrogens is 186 g/mol. The van der Waals surface area contributed by atoms with Crippen molar-refractivity contribution < 1.29 is 0 Å². The molecule has 0 saturated carbocycles. The zero-order valence-corrected chi connectivity index (χ0v) is 9.76. The second kappa shape index (κ2) is 7.35. The van der Waals surface area contributed by atoms with Crippen molar-refractivity contribution in [1.29, 1.82) is 0 Å². The van der Waals surface area contributed by atoms with Crippen molar-refractivity contribution in [3.8, 4) is 0 Å². The molecule has 1 atom stereocenters. The third-order valence-electron chi connectivity index (χ3n) is 2.58. The maximum atomic E-state index is 4.03. The second-order valence-electron chi connectivity index (χ2n) is 4.06. The van der Waals surface area contributed by atoms with Crippen molar-refractivity contribution >= 4 is 12.6 Å². The molecule has 3 heteroatoms. The average Bonchev–Trinajstić information content (AvgIpc) is 2.23. The van der Waals surface area contributed by atoms with Gasteiger partial charge in [0.15, 0.2) is 0 Å². The molecule has 0 aromatic heterocycles. The van der Waals surface area contributed by atoms with Gasteiger partial charge in [-0.2, -0.15) is 0 Å². The molecule has 0 aromatic rings. The van der Waals surface area contributed by atoms with Crippen LogP contribution in [-0.4, -0.2) is 37.1 Å². The Hall–Kier alpha value is -0.960. The van der Waals surface area contributed by atoms with Gasteiger partial charge in [-0.1, -0.05) is 13.0 Å². The maximum Gasteiger partial charge on any atom is 0.114 e. The molecule has 0 spiro atoms. The summed E-state index contributed by atoms with van der Waals surface area (Å²) in [6.07, 6.45) is 9.92. The van der Waals surface area contributed by atoms with Gasteiger partial charge in [-0.25, -0.2) is 9.98 Å². The quantitative estimate of drug-likeness (QED) is 0.513. The zero-order chi connectivity index (χ0) is 10.9. The highest BCUT2D eigenvalue weighted by atomic mass is 15.1. The molecule has 0 amide bonds. The first kappa shape index (κ1) is 12.1. The third kappa shape index (κ3) is 5.47. The molecule has 15 heavy (non-hydrogen) atoms. The molecule has 3 nitrogen and oxygen atoms in total. The molecule has 0 radical (unpaired) electrons. The van der Waals surface area contributed by atoms with Gasteiger partial charge in [-0.05, 0) is 32.2 Å². The minimum absolute atomic E-state index is 0.848. The Kier molecular flexibility index (Phi) is 5.93. The highest BCUT2D eigenvalue weighted by Crippen LogP contribution is 2.14. The van der Waals surface area contributed by atoms with E-state index >= 15 is 0 Å². The molecule has 0 bridgehead atoms. The van der Waals surface area contributed by atoms with E-state index in [4.69, 9.17) is 0 Å². The molecule has 1 heterocycles. The van der Waals surface area contributed by atoms with Gasteiger partial charge in [0.05, 0.1) is 0 Å². The van der Waals surface area contributed by atoms with E-state index in [0.29, 0.717) is 0 Å². The molecule has 1 saturated heterocycles. The van der Waals surface area contributed by atoms with Crippen LogP contribution in [0.25, 0.3) is 0 Å². The number of hydrogen-bond acceptors (Lipinski definition) is 2. The molecule has 1 unspecified atom stereocenters. The van der Waals surface area contributed by atoms with Crippen LogP contribution in [0, 0.1) is 5.92 Å². The lowest BCUT2D eigenvalue weighted by Crippen LogP contribution is -2.34. The van der Waals surface area contributed by atoms with Crippen molar-refractivity contribution in [2.24, 2.45) is 15.9 Å². The van der Waals surface area contributed by atoms with Gasteiger partial charge in [0.2, 0.25) is 0 Å². The lowest BCUT2D eigenvalue weighted by molar-refractivity contribution is 0.201. The number of piperidine rings is 1. The fraction of sp³-hybridized carbons (Fsp3) is 0.667. The van der Waals surface area contributed by atoms with Crippen LogP contribution in [0.2, 0.25) is 0 Å². The van der Waals surface area contributed by atoms with Crippen molar-refractivity contribution in [2.45, 2.75) is 26.7 Å². The predicted octanol–water partition coefficient (Wildman–Crippen LogP) is 2.35. The van der Waals surface area contributed by atoms with Crippen molar-refractivity contribution in [3.63, 3.8) is 0 Å². The van der Waals surface area contributed by atoms with Crippen LogP contribution in [-0.2, 0) is 0 Å². The molecule has 1 fully saturated rings. The first-order chi connectivity index (χ1) is 7.33. The van der Waals surface area contributed by atoms with Crippen LogP contribution in [0.3, 0.4) is 0 Å². The normalized spacial score (nSPS) is 24.8. The van der Waals surface area contributed by atoms with Crippen molar-refractivity contribution in [3.05, 3.63) is 12.3 Å². The Bertz CT molecular complexity index is 243. The highest BCUT2D eigenvalue weighted by Gasteiger charge is 2.14. The van der Waals surface area contributed by atoms with E-state index < -0.39 is 0 Å². The van der Waals surface area contributed by atoms with Crippen molar-refractivity contribution in [1.82, 2.24) is 4.90 Å². The van der Waals surface area contributed by atoms with Crippen LogP contribution in [0.1, 0.15) is 26.7 Å². The summed E-state index contributed by atoms with van der Waals surface area (Å²) in [6, 6.07) is 0. The van der Waals surface area contributed by atoms with Gasteiger partial charge in [-0.3, -0.25) is 4.90 Å². The van der Waals surface area contributed by atoms with Crippen LogP contribution >= 0.6 is 0 Å². The first-order valence-electron chi connectivity index (χ1n) is 5.69. The lowest BCUT2D eigenvalue weighted by atomic mass is 10.0. The van der Waals surface area contributed by atoms with Crippen LogP contribution < -0.4 is 0 Å². The molecule has 0 aromatic carbocycles. The van der Waals surface area contributed by atoms with Gasteiger partial charge in [0.1, 0.15) is 6.34 Å². The van der Waals surface area contributed by atoms with E-state index in [2.05, 4.69) is 27.9 Å². The summed E-state index contributed by atoms with van der Waals surface area (Å²) in [7, 11) is 0. The Morgan fingerprint density at radius 2 is 2.27 bits per heavy atom. The smallest absolute Gasteiger partial charge is 0.114 e. The molecule has 1 aliphatic heterocycles. The molecule has 0 aliphatic carbocycles. The Morgan fingerprint density at radius 3 is 3.00 bits per heavy atom.